The fourth-order valence-corrected chi connectivity index (χ4v) is 1.20. The molecule has 1 aromatic rings. The van der Waals surface area contributed by atoms with Gasteiger partial charge in [0, 0.05) is 0 Å². The van der Waals surface area contributed by atoms with Crippen molar-refractivity contribution >= 4 is 12.0 Å². The van der Waals surface area contributed by atoms with Crippen molar-refractivity contribution in [3.63, 3.8) is 0 Å². The second-order valence-corrected chi connectivity index (χ2v) is 3.52. The second kappa shape index (κ2) is 5.92. The number of carbonyl (C=O) groups is 1. The third-order valence-corrected chi connectivity index (χ3v) is 2.16. The molecule has 0 amide bonds. The van der Waals surface area contributed by atoms with E-state index in [1.165, 1.54) is 0 Å². The van der Waals surface area contributed by atoms with Crippen molar-refractivity contribution in [3.8, 4) is 5.75 Å². The Morgan fingerprint density at radius 2 is 2.00 bits per heavy atom. The van der Waals surface area contributed by atoms with Gasteiger partial charge in [-0.2, -0.15) is 0 Å². The molecule has 0 radical (unpaired) electrons. The lowest BCUT2D eigenvalue weighted by Gasteiger charge is -2.02. The Kier molecular flexibility index (Phi) is 4.54. The molecule has 16 heavy (non-hydrogen) atoms. The van der Waals surface area contributed by atoms with Crippen LogP contribution in [0.15, 0.2) is 30.3 Å². The molecule has 4 heteroatoms. The molecule has 0 saturated carbocycles. The Hall–Kier alpha value is -1.81. The van der Waals surface area contributed by atoms with Crippen LogP contribution in [0, 0.1) is 0 Å². The van der Waals surface area contributed by atoms with E-state index < -0.39 is 12.0 Å². The largest absolute Gasteiger partial charge is 0.508 e. The van der Waals surface area contributed by atoms with Crippen molar-refractivity contribution in [2.75, 3.05) is 0 Å². The monoisotopic (exact) mass is 221 g/mol. The lowest BCUT2D eigenvalue weighted by atomic mass is 10.1. The molecular weight excluding hydrogens is 206 g/mol. The van der Waals surface area contributed by atoms with E-state index in [2.05, 4.69) is 0 Å². The summed E-state index contributed by atoms with van der Waals surface area (Å²) in [6, 6.07) is 5.96. The van der Waals surface area contributed by atoms with Gasteiger partial charge < -0.3 is 15.9 Å². The van der Waals surface area contributed by atoms with Crippen LogP contribution in [0.3, 0.4) is 0 Å². The summed E-state index contributed by atoms with van der Waals surface area (Å²) in [4.78, 5) is 10.4. The van der Waals surface area contributed by atoms with E-state index >= 15 is 0 Å². The second-order valence-electron chi connectivity index (χ2n) is 3.52. The van der Waals surface area contributed by atoms with Crippen molar-refractivity contribution in [2.24, 2.45) is 5.73 Å². The summed E-state index contributed by atoms with van der Waals surface area (Å²) in [5, 5.41) is 17.6. The predicted molar refractivity (Wildman–Crippen MR) is 62.0 cm³/mol. The van der Waals surface area contributed by atoms with Crippen molar-refractivity contribution in [2.45, 2.75) is 18.9 Å². The van der Waals surface area contributed by atoms with Gasteiger partial charge in [-0.15, -0.1) is 0 Å². The van der Waals surface area contributed by atoms with Gasteiger partial charge >= 0.3 is 5.97 Å². The third-order valence-electron chi connectivity index (χ3n) is 2.16. The molecule has 86 valence electrons. The fourth-order valence-electron chi connectivity index (χ4n) is 1.20. The molecule has 0 spiro atoms. The number of benzene rings is 1. The van der Waals surface area contributed by atoms with Crippen molar-refractivity contribution < 1.29 is 15.0 Å². The molecule has 0 bridgehead atoms. The van der Waals surface area contributed by atoms with Gasteiger partial charge in [-0.3, -0.25) is 4.79 Å². The maximum absolute atomic E-state index is 10.4. The number of rotatable bonds is 5. The van der Waals surface area contributed by atoms with Crippen LogP contribution < -0.4 is 5.73 Å². The summed E-state index contributed by atoms with van der Waals surface area (Å²) in [6.45, 7) is 0. The van der Waals surface area contributed by atoms with Gasteiger partial charge in [0.25, 0.3) is 0 Å². The Labute approximate surface area is 94.0 Å². The number of carboxylic acid groups (broad SMARTS) is 1. The van der Waals surface area contributed by atoms with Crippen molar-refractivity contribution in [3.05, 3.63) is 35.9 Å². The maximum Gasteiger partial charge on any atom is 0.320 e. The van der Waals surface area contributed by atoms with E-state index in [1.54, 1.807) is 24.3 Å². The smallest absolute Gasteiger partial charge is 0.320 e. The number of phenolic OH excluding ortho intramolecular Hbond substituents is 1. The molecule has 1 aromatic carbocycles. The Bertz CT molecular complexity index is 370. The zero-order valence-corrected chi connectivity index (χ0v) is 8.84. The highest BCUT2D eigenvalue weighted by molar-refractivity contribution is 5.73. The summed E-state index contributed by atoms with van der Waals surface area (Å²) in [5.41, 5.74) is 6.31. The summed E-state index contributed by atoms with van der Waals surface area (Å²) in [7, 11) is 0. The average molecular weight is 221 g/mol. The number of hydrogen-bond acceptors (Lipinski definition) is 3. The van der Waals surface area contributed by atoms with E-state index in [-0.39, 0.29) is 5.75 Å². The number of hydrogen-bond donors (Lipinski definition) is 3. The molecule has 0 aliphatic rings. The van der Waals surface area contributed by atoms with Crippen LogP contribution in [-0.2, 0) is 4.79 Å². The molecule has 0 unspecified atom stereocenters. The van der Waals surface area contributed by atoms with Crippen LogP contribution in [0.1, 0.15) is 18.4 Å². The molecule has 0 aliphatic carbocycles. The van der Waals surface area contributed by atoms with Gasteiger partial charge in [0.15, 0.2) is 0 Å². The van der Waals surface area contributed by atoms with Crippen LogP contribution >= 0.6 is 0 Å². The van der Waals surface area contributed by atoms with E-state index in [0.717, 1.165) is 5.56 Å². The molecule has 0 fully saturated rings. The minimum atomic E-state index is -0.974. The highest BCUT2D eigenvalue weighted by Crippen LogP contribution is 2.11. The summed E-state index contributed by atoms with van der Waals surface area (Å²) in [5.74, 6) is -0.747. The minimum absolute atomic E-state index is 0.227. The maximum atomic E-state index is 10.4. The van der Waals surface area contributed by atoms with E-state index in [1.807, 2.05) is 12.2 Å². The molecule has 0 aliphatic heterocycles. The fraction of sp³-hybridized carbons (Fsp3) is 0.250. The van der Waals surface area contributed by atoms with Crippen LogP contribution in [0.25, 0.3) is 6.08 Å². The number of phenols is 1. The average Bonchev–Trinajstić information content (AvgIpc) is 2.26. The first-order valence-electron chi connectivity index (χ1n) is 5.03. The quantitative estimate of drug-likeness (QED) is 0.705. The molecule has 1 rings (SSSR count). The number of carboxylic acids is 1. The normalized spacial score (nSPS) is 12.8. The SMILES string of the molecule is N[C@@H](CC/C=C/c1ccc(O)cc1)C(=O)O. The van der Waals surface area contributed by atoms with Crippen molar-refractivity contribution in [1.29, 1.82) is 0 Å². The first-order chi connectivity index (χ1) is 7.59. The Balaban J connectivity index is 2.37. The van der Waals surface area contributed by atoms with Crippen LogP contribution in [0.5, 0.6) is 5.75 Å². The number of allylic oxidation sites excluding steroid dienone is 1. The van der Waals surface area contributed by atoms with Gasteiger partial charge in [0.05, 0.1) is 0 Å². The Morgan fingerprint density at radius 1 is 1.38 bits per heavy atom. The van der Waals surface area contributed by atoms with E-state index in [0.29, 0.717) is 12.8 Å². The lowest BCUT2D eigenvalue weighted by Crippen LogP contribution is -2.29. The highest BCUT2D eigenvalue weighted by atomic mass is 16.4. The predicted octanol–water partition coefficient (Wildman–Crippen LogP) is 1.60. The number of aliphatic carboxylic acids is 1. The summed E-state index contributed by atoms with van der Waals surface area (Å²) in [6.07, 6.45) is 4.78. The first kappa shape index (κ1) is 12.3. The standard InChI is InChI=1S/C12H15NO3/c13-11(12(15)16)4-2-1-3-9-5-7-10(14)8-6-9/h1,3,5-8,11,14H,2,4,13H2,(H,15,16)/b3-1+/t11-/m0/s1. The van der Waals surface area contributed by atoms with Gasteiger partial charge in [-0.25, -0.2) is 0 Å². The molecule has 4 nitrogen and oxygen atoms in total. The van der Waals surface area contributed by atoms with E-state index in [4.69, 9.17) is 15.9 Å². The summed E-state index contributed by atoms with van der Waals surface area (Å²) < 4.78 is 0. The molecule has 0 aromatic heterocycles. The van der Waals surface area contributed by atoms with Crippen LogP contribution in [-0.4, -0.2) is 22.2 Å². The van der Waals surface area contributed by atoms with Gasteiger partial charge in [-0.05, 0) is 30.5 Å². The third kappa shape index (κ3) is 4.14. The first-order valence-corrected chi connectivity index (χ1v) is 5.03. The van der Waals surface area contributed by atoms with E-state index in [9.17, 15) is 4.79 Å². The molecule has 4 N–H and O–H groups in total. The van der Waals surface area contributed by atoms with Crippen molar-refractivity contribution in [1.82, 2.24) is 0 Å². The summed E-state index contributed by atoms with van der Waals surface area (Å²) >= 11 is 0. The number of aromatic hydroxyl groups is 1. The molecule has 1 atom stereocenters. The van der Waals surface area contributed by atoms with Gasteiger partial charge in [0.1, 0.15) is 11.8 Å². The zero-order chi connectivity index (χ0) is 12.0. The topological polar surface area (TPSA) is 83.5 Å². The van der Waals surface area contributed by atoms with Crippen LogP contribution in [0.2, 0.25) is 0 Å². The van der Waals surface area contributed by atoms with Gasteiger partial charge in [0.2, 0.25) is 0 Å². The number of nitrogens with two attached hydrogens (primary N) is 1. The van der Waals surface area contributed by atoms with Crippen LogP contribution in [0.4, 0.5) is 0 Å². The highest BCUT2D eigenvalue weighted by Gasteiger charge is 2.08. The molecule has 0 saturated heterocycles. The zero-order valence-electron chi connectivity index (χ0n) is 8.84. The minimum Gasteiger partial charge on any atom is -0.508 e. The van der Waals surface area contributed by atoms with Gasteiger partial charge in [-0.1, -0.05) is 24.3 Å². The molecular formula is C12H15NO3. The Morgan fingerprint density at radius 3 is 2.56 bits per heavy atom. The molecule has 0 heterocycles. The lowest BCUT2D eigenvalue weighted by molar-refractivity contribution is -0.138.